The van der Waals surface area contributed by atoms with Crippen LogP contribution in [0.25, 0.3) is 0 Å². The van der Waals surface area contributed by atoms with Gasteiger partial charge in [-0.25, -0.2) is 8.78 Å². The van der Waals surface area contributed by atoms with E-state index in [1.165, 1.54) is 11.0 Å². The number of nitrogens with zero attached hydrogens (tertiary/aromatic N) is 2. The van der Waals surface area contributed by atoms with Gasteiger partial charge in [-0.05, 0) is 37.8 Å². The molecule has 2 unspecified atom stereocenters. The van der Waals surface area contributed by atoms with E-state index in [0.29, 0.717) is 31.8 Å². The fourth-order valence-electron chi connectivity index (χ4n) is 3.94. The molecule has 164 valence electrons. The maximum atomic E-state index is 14.1. The number of hydrogen-bond acceptors (Lipinski definition) is 3. The molecule has 2 heterocycles. The molecule has 0 aromatic heterocycles. The second-order valence-electron chi connectivity index (χ2n) is 8.64. The molecule has 8 heteroatoms. The van der Waals surface area contributed by atoms with Crippen molar-refractivity contribution in [3.63, 3.8) is 0 Å². The second kappa shape index (κ2) is 9.10. The van der Waals surface area contributed by atoms with E-state index < -0.39 is 17.6 Å². The van der Waals surface area contributed by atoms with Gasteiger partial charge in [-0.15, -0.1) is 0 Å². The van der Waals surface area contributed by atoms with Crippen molar-refractivity contribution in [3.8, 4) is 0 Å². The lowest BCUT2D eigenvalue weighted by Crippen LogP contribution is -2.47. The van der Waals surface area contributed by atoms with E-state index in [4.69, 9.17) is 0 Å². The molecule has 2 aliphatic rings. The molecule has 2 aliphatic heterocycles. The predicted molar refractivity (Wildman–Crippen MR) is 109 cm³/mol. The molecule has 2 fully saturated rings. The molecule has 0 bridgehead atoms. The Morgan fingerprint density at radius 2 is 1.77 bits per heavy atom. The van der Waals surface area contributed by atoms with E-state index in [1.54, 1.807) is 4.90 Å². The smallest absolute Gasteiger partial charge is 0.228 e. The maximum Gasteiger partial charge on any atom is 0.228 e. The molecule has 6 nitrogen and oxygen atoms in total. The number of hydrogen-bond donors (Lipinski definition) is 1. The number of carbonyl (C=O) groups excluding carboxylic acids is 3. The van der Waals surface area contributed by atoms with Gasteiger partial charge in [0.05, 0.1) is 11.6 Å². The molecule has 0 radical (unpaired) electrons. The highest BCUT2D eigenvalue weighted by Gasteiger charge is 2.39. The zero-order chi connectivity index (χ0) is 22.0. The fourth-order valence-corrected chi connectivity index (χ4v) is 3.94. The van der Waals surface area contributed by atoms with Gasteiger partial charge in [-0.1, -0.05) is 13.8 Å². The number of halogens is 2. The SMILES string of the molecule is CC(C)C(C)NC(=O)C1CCN(C(=O)C2CC(=O)N(c3ccc(F)cc3F)C2)CC1. The van der Waals surface area contributed by atoms with Crippen LogP contribution < -0.4 is 10.2 Å². The van der Waals surface area contributed by atoms with Crippen molar-refractivity contribution in [2.75, 3.05) is 24.5 Å². The van der Waals surface area contributed by atoms with Crippen molar-refractivity contribution >= 4 is 23.4 Å². The Morgan fingerprint density at radius 1 is 1.10 bits per heavy atom. The van der Waals surface area contributed by atoms with Gasteiger partial charge in [-0.2, -0.15) is 0 Å². The Hall–Kier alpha value is -2.51. The third-order valence-corrected chi connectivity index (χ3v) is 6.22. The minimum Gasteiger partial charge on any atom is -0.353 e. The van der Waals surface area contributed by atoms with Crippen molar-refractivity contribution in [3.05, 3.63) is 29.8 Å². The molecule has 1 N–H and O–H groups in total. The van der Waals surface area contributed by atoms with Gasteiger partial charge in [0.25, 0.3) is 0 Å². The van der Waals surface area contributed by atoms with Crippen molar-refractivity contribution in [1.29, 1.82) is 0 Å². The average molecular weight is 421 g/mol. The first-order chi connectivity index (χ1) is 14.2. The molecule has 0 aliphatic carbocycles. The van der Waals surface area contributed by atoms with E-state index in [-0.39, 0.29) is 48.3 Å². The fraction of sp³-hybridized carbons (Fsp3) is 0.591. The third-order valence-electron chi connectivity index (χ3n) is 6.22. The number of rotatable bonds is 5. The molecule has 0 saturated carbocycles. The number of amides is 3. The lowest BCUT2D eigenvalue weighted by molar-refractivity contribution is -0.139. The Balaban J connectivity index is 1.55. The Bertz CT molecular complexity index is 822. The molecule has 1 aromatic rings. The number of nitrogens with one attached hydrogen (secondary N) is 1. The topological polar surface area (TPSA) is 69.7 Å². The van der Waals surface area contributed by atoms with Crippen molar-refractivity contribution in [1.82, 2.24) is 10.2 Å². The molecule has 30 heavy (non-hydrogen) atoms. The van der Waals surface area contributed by atoms with E-state index in [1.807, 2.05) is 6.92 Å². The van der Waals surface area contributed by atoms with E-state index >= 15 is 0 Å². The van der Waals surface area contributed by atoms with Crippen LogP contribution in [0.15, 0.2) is 18.2 Å². The normalized spacial score (nSPS) is 21.3. The highest BCUT2D eigenvalue weighted by atomic mass is 19.1. The molecule has 3 rings (SSSR count). The van der Waals surface area contributed by atoms with Crippen molar-refractivity contribution < 1.29 is 23.2 Å². The lowest BCUT2D eigenvalue weighted by atomic mass is 9.93. The number of likely N-dealkylation sites (tertiary alicyclic amines) is 1. The summed E-state index contributed by atoms with van der Waals surface area (Å²) in [6.07, 6.45) is 1.17. The summed E-state index contributed by atoms with van der Waals surface area (Å²) in [6.45, 7) is 7.08. The van der Waals surface area contributed by atoms with Crippen LogP contribution in [0.5, 0.6) is 0 Å². The van der Waals surface area contributed by atoms with Gasteiger partial charge in [0.2, 0.25) is 17.7 Å². The Morgan fingerprint density at radius 3 is 2.37 bits per heavy atom. The van der Waals surface area contributed by atoms with Gasteiger partial charge in [0, 0.05) is 44.1 Å². The van der Waals surface area contributed by atoms with Crippen LogP contribution in [-0.4, -0.2) is 48.3 Å². The summed E-state index contributed by atoms with van der Waals surface area (Å²) >= 11 is 0. The summed E-state index contributed by atoms with van der Waals surface area (Å²) in [7, 11) is 0. The summed E-state index contributed by atoms with van der Waals surface area (Å²) in [4.78, 5) is 40.6. The summed E-state index contributed by atoms with van der Waals surface area (Å²) in [5, 5.41) is 3.03. The monoisotopic (exact) mass is 421 g/mol. The zero-order valence-electron chi connectivity index (χ0n) is 17.7. The first-order valence-electron chi connectivity index (χ1n) is 10.5. The Kier molecular flexibility index (Phi) is 6.73. The molecular weight excluding hydrogens is 392 g/mol. The Labute approximate surface area is 175 Å². The molecular formula is C22H29F2N3O3. The second-order valence-corrected chi connectivity index (χ2v) is 8.64. The summed E-state index contributed by atoms with van der Waals surface area (Å²) in [5.41, 5.74) is -0.00801. The van der Waals surface area contributed by atoms with E-state index in [9.17, 15) is 23.2 Å². The molecule has 3 amide bonds. The van der Waals surface area contributed by atoms with Crippen LogP contribution in [-0.2, 0) is 14.4 Å². The molecule has 1 aromatic carbocycles. The summed E-state index contributed by atoms with van der Waals surface area (Å²) in [5.74, 6) is -2.34. The standard InChI is InChI=1S/C22H29F2N3O3/c1-13(2)14(3)25-21(29)15-6-8-26(9-7-15)22(30)16-10-20(28)27(12-16)19-5-4-17(23)11-18(19)24/h4-5,11,13-16H,6-10,12H2,1-3H3,(H,25,29). The van der Waals surface area contributed by atoms with Crippen LogP contribution in [0.4, 0.5) is 14.5 Å². The van der Waals surface area contributed by atoms with Crippen LogP contribution in [0.1, 0.15) is 40.0 Å². The number of piperidine rings is 1. The van der Waals surface area contributed by atoms with Gasteiger partial charge in [-0.3, -0.25) is 14.4 Å². The van der Waals surface area contributed by atoms with Crippen LogP contribution in [0.2, 0.25) is 0 Å². The minimum atomic E-state index is -0.820. The first kappa shape index (κ1) is 22.2. The zero-order valence-corrected chi connectivity index (χ0v) is 17.7. The molecule has 2 saturated heterocycles. The van der Waals surface area contributed by atoms with Crippen LogP contribution >= 0.6 is 0 Å². The number of carbonyl (C=O) groups is 3. The van der Waals surface area contributed by atoms with Gasteiger partial charge in [0.15, 0.2) is 0 Å². The highest BCUT2D eigenvalue weighted by molar-refractivity contribution is 6.00. The largest absolute Gasteiger partial charge is 0.353 e. The molecule has 0 spiro atoms. The summed E-state index contributed by atoms with van der Waals surface area (Å²) < 4.78 is 27.2. The number of anilines is 1. The van der Waals surface area contributed by atoms with E-state index in [0.717, 1.165) is 12.1 Å². The van der Waals surface area contributed by atoms with E-state index in [2.05, 4.69) is 19.2 Å². The third kappa shape index (κ3) is 4.79. The lowest BCUT2D eigenvalue weighted by Gasteiger charge is -2.33. The highest BCUT2D eigenvalue weighted by Crippen LogP contribution is 2.30. The van der Waals surface area contributed by atoms with Gasteiger partial charge < -0.3 is 15.1 Å². The molecule has 2 atom stereocenters. The van der Waals surface area contributed by atoms with Crippen LogP contribution in [0.3, 0.4) is 0 Å². The van der Waals surface area contributed by atoms with Gasteiger partial charge in [0.1, 0.15) is 11.6 Å². The number of benzene rings is 1. The van der Waals surface area contributed by atoms with Gasteiger partial charge >= 0.3 is 0 Å². The van der Waals surface area contributed by atoms with Crippen molar-refractivity contribution in [2.24, 2.45) is 17.8 Å². The average Bonchev–Trinajstić information content (AvgIpc) is 3.08. The first-order valence-corrected chi connectivity index (χ1v) is 10.5. The quantitative estimate of drug-likeness (QED) is 0.795. The minimum absolute atomic E-state index is 0.00195. The van der Waals surface area contributed by atoms with Crippen molar-refractivity contribution in [2.45, 2.75) is 46.1 Å². The summed E-state index contributed by atoms with van der Waals surface area (Å²) in [6, 6.07) is 3.14. The maximum absolute atomic E-state index is 14.1. The van der Waals surface area contributed by atoms with Crippen LogP contribution in [0, 0.1) is 29.4 Å². The predicted octanol–water partition coefficient (Wildman–Crippen LogP) is 2.72.